The highest BCUT2D eigenvalue weighted by atomic mass is 16.2. The van der Waals surface area contributed by atoms with Crippen molar-refractivity contribution >= 4 is 6.03 Å². The molecule has 1 fully saturated rings. The number of nitrogens with two attached hydrogens (primary N) is 1. The molecule has 0 unspecified atom stereocenters. The highest BCUT2D eigenvalue weighted by molar-refractivity contribution is 5.74. The molecule has 0 bridgehead atoms. The number of rotatable bonds is 2. The van der Waals surface area contributed by atoms with Crippen LogP contribution in [0.4, 0.5) is 4.79 Å². The Labute approximate surface area is 98.8 Å². The minimum absolute atomic E-state index is 0.0556. The number of hydrogen-bond donors (Lipinski definition) is 1. The number of carbonyl (C=O) groups excluding carboxylic acids is 1. The SMILES string of the molecule is CC1CCC(CN)(N(C)C(=O)N(C)C)CC1. The van der Waals surface area contributed by atoms with Crippen LogP contribution in [-0.2, 0) is 0 Å². The van der Waals surface area contributed by atoms with Crippen molar-refractivity contribution in [2.45, 2.75) is 38.1 Å². The molecule has 1 aliphatic carbocycles. The predicted molar refractivity (Wildman–Crippen MR) is 66.3 cm³/mol. The van der Waals surface area contributed by atoms with E-state index in [9.17, 15) is 4.79 Å². The van der Waals surface area contributed by atoms with Gasteiger partial charge in [-0.1, -0.05) is 6.92 Å². The van der Waals surface area contributed by atoms with E-state index in [2.05, 4.69) is 6.92 Å². The van der Waals surface area contributed by atoms with E-state index in [1.54, 1.807) is 19.0 Å². The molecule has 2 amide bonds. The smallest absolute Gasteiger partial charge is 0.319 e. The van der Waals surface area contributed by atoms with Crippen LogP contribution in [0.25, 0.3) is 0 Å². The number of nitrogens with zero attached hydrogens (tertiary/aromatic N) is 2. The Morgan fingerprint density at radius 3 is 2.19 bits per heavy atom. The fourth-order valence-corrected chi connectivity index (χ4v) is 2.48. The van der Waals surface area contributed by atoms with Crippen LogP contribution < -0.4 is 5.73 Å². The molecule has 0 heterocycles. The van der Waals surface area contributed by atoms with E-state index in [-0.39, 0.29) is 11.6 Å². The second-order valence-electron chi connectivity index (χ2n) is 5.35. The van der Waals surface area contributed by atoms with Crippen LogP contribution in [0.2, 0.25) is 0 Å². The summed E-state index contributed by atoms with van der Waals surface area (Å²) >= 11 is 0. The van der Waals surface area contributed by atoms with Crippen LogP contribution in [0.1, 0.15) is 32.6 Å². The zero-order chi connectivity index (χ0) is 12.3. The summed E-state index contributed by atoms with van der Waals surface area (Å²) in [5, 5.41) is 0. The summed E-state index contributed by atoms with van der Waals surface area (Å²) in [6, 6.07) is 0.0556. The van der Waals surface area contributed by atoms with E-state index in [4.69, 9.17) is 5.73 Å². The van der Waals surface area contributed by atoms with Crippen molar-refractivity contribution in [3.63, 3.8) is 0 Å². The van der Waals surface area contributed by atoms with E-state index >= 15 is 0 Å². The van der Waals surface area contributed by atoms with Crippen molar-refractivity contribution < 1.29 is 4.79 Å². The van der Waals surface area contributed by atoms with Gasteiger partial charge in [-0.2, -0.15) is 0 Å². The number of likely N-dealkylation sites (N-methyl/N-ethyl adjacent to an activating group) is 1. The largest absolute Gasteiger partial charge is 0.331 e. The standard InChI is InChI=1S/C12H25N3O/c1-10-5-7-12(9-13,8-6-10)15(4)11(16)14(2)3/h10H,5-9,13H2,1-4H3. The fraction of sp³-hybridized carbons (Fsp3) is 0.917. The van der Waals surface area contributed by atoms with E-state index < -0.39 is 0 Å². The van der Waals surface area contributed by atoms with Crippen molar-refractivity contribution in [2.75, 3.05) is 27.7 Å². The lowest BCUT2D eigenvalue weighted by molar-refractivity contribution is 0.0771. The molecule has 0 radical (unpaired) electrons. The summed E-state index contributed by atoms with van der Waals surface area (Å²) in [6.07, 6.45) is 4.39. The molecule has 0 spiro atoms. The third kappa shape index (κ3) is 2.48. The van der Waals surface area contributed by atoms with Crippen molar-refractivity contribution in [3.05, 3.63) is 0 Å². The van der Waals surface area contributed by atoms with Gasteiger partial charge in [-0.05, 0) is 31.6 Å². The molecule has 94 valence electrons. The van der Waals surface area contributed by atoms with Crippen molar-refractivity contribution in [1.29, 1.82) is 0 Å². The quantitative estimate of drug-likeness (QED) is 0.777. The average Bonchev–Trinajstić information content (AvgIpc) is 2.28. The molecule has 0 saturated heterocycles. The van der Waals surface area contributed by atoms with Gasteiger partial charge in [0.25, 0.3) is 0 Å². The summed E-state index contributed by atoms with van der Waals surface area (Å²) in [5.41, 5.74) is 5.79. The van der Waals surface area contributed by atoms with Crippen molar-refractivity contribution in [3.8, 4) is 0 Å². The van der Waals surface area contributed by atoms with Gasteiger partial charge in [0.05, 0.1) is 5.54 Å². The lowest BCUT2D eigenvalue weighted by Crippen LogP contribution is -2.58. The molecule has 16 heavy (non-hydrogen) atoms. The maximum absolute atomic E-state index is 12.0. The second-order valence-corrected chi connectivity index (χ2v) is 5.35. The van der Waals surface area contributed by atoms with Gasteiger partial charge >= 0.3 is 6.03 Å². The number of carbonyl (C=O) groups is 1. The first kappa shape index (κ1) is 13.3. The third-order valence-electron chi connectivity index (χ3n) is 3.97. The molecule has 1 rings (SSSR count). The van der Waals surface area contributed by atoms with Crippen LogP contribution >= 0.6 is 0 Å². The first-order valence-corrected chi connectivity index (χ1v) is 6.08. The van der Waals surface area contributed by atoms with Gasteiger partial charge in [0, 0.05) is 27.7 Å². The third-order valence-corrected chi connectivity index (χ3v) is 3.97. The van der Waals surface area contributed by atoms with E-state index in [0.29, 0.717) is 6.54 Å². The summed E-state index contributed by atoms with van der Waals surface area (Å²) in [7, 11) is 5.45. The van der Waals surface area contributed by atoms with Crippen LogP contribution in [0, 0.1) is 5.92 Å². The zero-order valence-corrected chi connectivity index (χ0v) is 11.0. The van der Waals surface area contributed by atoms with Gasteiger partial charge in [0.1, 0.15) is 0 Å². The zero-order valence-electron chi connectivity index (χ0n) is 11.0. The number of hydrogen-bond acceptors (Lipinski definition) is 2. The minimum Gasteiger partial charge on any atom is -0.331 e. The van der Waals surface area contributed by atoms with Crippen LogP contribution in [0.3, 0.4) is 0 Å². The maximum atomic E-state index is 12.0. The molecular weight excluding hydrogens is 202 g/mol. The molecule has 4 nitrogen and oxygen atoms in total. The van der Waals surface area contributed by atoms with E-state index in [0.717, 1.165) is 18.8 Å². The number of amides is 2. The van der Waals surface area contributed by atoms with Crippen LogP contribution in [-0.4, -0.2) is 49.1 Å². The minimum atomic E-state index is -0.117. The highest BCUT2D eigenvalue weighted by Crippen LogP contribution is 2.35. The highest BCUT2D eigenvalue weighted by Gasteiger charge is 2.39. The van der Waals surface area contributed by atoms with Gasteiger partial charge in [-0.25, -0.2) is 4.79 Å². The Morgan fingerprint density at radius 1 is 1.31 bits per heavy atom. The molecule has 2 N–H and O–H groups in total. The molecule has 1 saturated carbocycles. The fourth-order valence-electron chi connectivity index (χ4n) is 2.48. The summed E-state index contributed by atoms with van der Waals surface area (Å²) in [6.45, 7) is 2.84. The molecule has 1 aliphatic rings. The number of urea groups is 1. The Balaban J connectivity index is 2.76. The van der Waals surface area contributed by atoms with Crippen molar-refractivity contribution in [1.82, 2.24) is 9.80 Å². The molecule has 0 aromatic rings. The molecule has 0 atom stereocenters. The Bertz CT molecular complexity index is 245. The van der Waals surface area contributed by atoms with Crippen LogP contribution in [0.15, 0.2) is 0 Å². The first-order valence-electron chi connectivity index (χ1n) is 6.08. The Hall–Kier alpha value is -0.770. The summed E-state index contributed by atoms with van der Waals surface area (Å²) in [4.78, 5) is 15.5. The normalized spacial score (nSPS) is 29.9. The van der Waals surface area contributed by atoms with Crippen LogP contribution in [0.5, 0.6) is 0 Å². The van der Waals surface area contributed by atoms with Gasteiger partial charge in [-0.15, -0.1) is 0 Å². The lowest BCUT2D eigenvalue weighted by Gasteiger charge is -2.46. The van der Waals surface area contributed by atoms with E-state index in [1.807, 2.05) is 11.9 Å². The summed E-state index contributed by atoms with van der Waals surface area (Å²) in [5.74, 6) is 0.766. The molecule has 0 aromatic heterocycles. The molecular formula is C12H25N3O. The van der Waals surface area contributed by atoms with Gasteiger partial charge in [0.15, 0.2) is 0 Å². The van der Waals surface area contributed by atoms with E-state index in [1.165, 1.54) is 12.8 Å². The monoisotopic (exact) mass is 227 g/mol. The Morgan fingerprint density at radius 2 is 1.81 bits per heavy atom. The topological polar surface area (TPSA) is 49.6 Å². The van der Waals surface area contributed by atoms with Crippen molar-refractivity contribution in [2.24, 2.45) is 11.7 Å². The average molecular weight is 227 g/mol. The molecule has 0 aromatic carbocycles. The summed E-state index contributed by atoms with van der Waals surface area (Å²) < 4.78 is 0. The van der Waals surface area contributed by atoms with Gasteiger partial charge < -0.3 is 15.5 Å². The molecule has 4 heteroatoms. The predicted octanol–water partition coefficient (Wildman–Crippen LogP) is 1.51. The maximum Gasteiger partial charge on any atom is 0.319 e. The molecule has 0 aliphatic heterocycles. The second kappa shape index (κ2) is 5.04. The van der Waals surface area contributed by atoms with Gasteiger partial charge in [-0.3, -0.25) is 0 Å². The Kier molecular flexibility index (Phi) is 4.19. The van der Waals surface area contributed by atoms with Gasteiger partial charge in [0.2, 0.25) is 0 Å². The first-order chi connectivity index (χ1) is 7.43. The lowest BCUT2D eigenvalue weighted by atomic mass is 9.76.